The minimum atomic E-state index is -0.368. The lowest BCUT2D eigenvalue weighted by molar-refractivity contribution is -0.121. The quantitative estimate of drug-likeness (QED) is 0.792. The summed E-state index contributed by atoms with van der Waals surface area (Å²) in [5.41, 5.74) is 0.385. The maximum atomic E-state index is 13.2. The molecule has 0 heterocycles. The molecule has 0 saturated heterocycles. The molecule has 0 aliphatic heterocycles. The van der Waals surface area contributed by atoms with Crippen molar-refractivity contribution in [2.75, 3.05) is 6.61 Å². The summed E-state index contributed by atoms with van der Waals surface area (Å²) in [5, 5.41) is 11.4. The zero-order chi connectivity index (χ0) is 12.0. The van der Waals surface area contributed by atoms with E-state index in [1.54, 1.807) is 25.1 Å². The summed E-state index contributed by atoms with van der Waals surface area (Å²) in [4.78, 5) is 11.5. The molecule has 1 aromatic carbocycles. The summed E-state index contributed by atoms with van der Waals surface area (Å²) in [5.74, 6) is -0.599. The number of benzene rings is 1. The van der Waals surface area contributed by atoms with Gasteiger partial charge >= 0.3 is 0 Å². The zero-order valence-electron chi connectivity index (χ0n) is 9.24. The van der Waals surface area contributed by atoms with Gasteiger partial charge in [0.05, 0.1) is 6.42 Å². The molecular weight excluding hydrogens is 209 g/mol. The third-order valence-electron chi connectivity index (χ3n) is 2.28. The Morgan fingerprint density at radius 2 is 2.19 bits per heavy atom. The molecule has 0 aromatic heterocycles. The highest BCUT2D eigenvalue weighted by Crippen LogP contribution is 2.07. The van der Waals surface area contributed by atoms with Crippen LogP contribution in [0.1, 0.15) is 18.9 Å². The van der Waals surface area contributed by atoms with Crippen molar-refractivity contribution >= 4 is 5.91 Å². The maximum absolute atomic E-state index is 13.2. The molecule has 3 nitrogen and oxygen atoms in total. The van der Waals surface area contributed by atoms with Gasteiger partial charge in [-0.15, -0.1) is 0 Å². The van der Waals surface area contributed by atoms with Crippen molar-refractivity contribution < 1.29 is 14.3 Å². The molecule has 1 unspecified atom stereocenters. The number of aliphatic hydroxyl groups is 1. The largest absolute Gasteiger partial charge is 0.396 e. The molecular formula is C12H16FNO2. The molecule has 0 saturated carbocycles. The predicted octanol–water partition coefficient (Wildman–Crippen LogP) is 1.26. The number of rotatable bonds is 5. The van der Waals surface area contributed by atoms with Gasteiger partial charge in [-0.3, -0.25) is 4.79 Å². The highest BCUT2D eigenvalue weighted by molar-refractivity contribution is 5.78. The fraction of sp³-hybridized carbons (Fsp3) is 0.417. The zero-order valence-corrected chi connectivity index (χ0v) is 9.24. The van der Waals surface area contributed by atoms with Crippen molar-refractivity contribution in [2.24, 2.45) is 0 Å². The van der Waals surface area contributed by atoms with E-state index in [9.17, 15) is 9.18 Å². The van der Waals surface area contributed by atoms with Crippen molar-refractivity contribution in [1.82, 2.24) is 5.32 Å². The normalized spacial score (nSPS) is 12.2. The van der Waals surface area contributed by atoms with Crippen LogP contribution in [0.4, 0.5) is 4.39 Å². The minimum absolute atomic E-state index is 0.0289. The lowest BCUT2D eigenvalue weighted by atomic mass is 10.1. The number of aliphatic hydroxyl groups excluding tert-OH is 1. The highest BCUT2D eigenvalue weighted by Gasteiger charge is 2.09. The van der Waals surface area contributed by atoms with E-state index in [0.29, 0.717) is 12.0 Å². The van der Waals surface area contributed by atoms with E-state index in [2.05, 4.69) is 5.32 Å². The van der Waals surface area contributed by atoms with Crippen LogP contribution in [0.15, 0.2) is 24.3 Å². The standard InChI is InChI=1S/C12H16FNO2/c1-9(6-7-15)14-12(16)8-10-4-2-3-5-11(10)13/h2-5,9,15H,6-8H2,1H3,(H,14,16). The van der Waals surface area contributed by atoms with Gasteiger partial charge in [0, 0.05) is 12.6 Å². The van der Waals surface area contributed by atoms with Gasteiger partial charge in [-0.25, -0.2) is 4.39 Å². The Morgan fingerprint density at radius 1 is 1.50 bits per heavy atom. The first-order valence-corrected chi connectivity index (χ1v) is 5.27. The van der Waals surface area contributed by atoms with E-state index in [1.165, 1.54) is 6.07 Å². The van der Waals surface area contributed by atoms with Gasteiger partial charge < -0.3 is 10.4 Å². The average Bonchev–Trinajstić information content (AvgIpc) is 2.21. The molecule has 88 valence electrons. The van der Waals surface area contributed by atoms with Crippen LogP contribution < -0.4 is 5.32 Å². The third-order valence-corrected chi connectivity index (χ3v) is 2.28. The fourth-order valence-corrected chi connectivity index (χ4v) is 1.41. The van der Waals surface area contributed by atoms with Crippen molar-refractivity contribution in [3.63, 3.8) is 0 Å². The number of carbonyl (C=O) groups excluding carboxylic acids is 1. The molecule has 4 heteroatoms. The van der Waals surface area contributed by atoms with Crippen molar-refractivity contribution in [1.29, 1.82) is 0 Å². The topological polar surface area (TPSA) is 49.3 Å². The molecule has 0 aliphatic carbocycles. The molecule has 1 atom stereocenters. The molecule has 0 fully saturated rings. The van der Waals surface area contributed by atoms with Crippen LogP contribution in [-0.4, -0.2) is 23.7 Å². The Balaban J connectivity index is 2.49. The average molecular weight is 225 g/mol. The predicted molar refractivity (Wildman–Crippen MR) is 59.4 cm³/mol. The molecule has 16 heavy (non-hydrogen) atoms. The van der Waals surface area contributed by atoms with Gasteiger partial charge in [0.25, 0.3) is 0 Å². The Morgan fingerprint density at radius 3 is 2.81 bits per heavy atom. The van der Waals surface area contributed by atoms with Crippen LogP contribution in [0.2, 0.25) is 0 Å². The van der Waals surface area contributed by atoms with E-state index in [1.807, 2.05) is 0 Å². The van der Waals surface area contributed by atoms with Crippen LogP contribution in [0.3, 0.4) is 0 Å². The Bertz CT molecular complexity index is 355. The van der Waals surface area contributed by atoms with Gasteiger partial charge in [-0.1, -0.05) is 18.2 Å². The summed E-state index contributed by atoms with van der Waals surface area (Å²) in [7, 11) is 0. The van der Waals surface area contributed by atoms with Gasteiger partial charge in [0.15, 0.2) is 0 Å². The van der Waals surface area contributed by atoms with E-state index in [0.717, 1.165) is 0 Å². The van der Waals surface area contributed by atoms with Crippen molar-refractivity contribution in [2.45, 2.75) is 25.8 Å². The molecule has 2 N–H and O–H groups in total. The second-order valence-electron chi connectivity index (χ2n) is 3.75. The van der Waals surface area contributed by atoms with Crippen LogP contribution in [0, 0.1) is 5.82 Å². The maximum Gasteiger partial charge on any atom is 0.224 e. The van der Waals surface area contributed by atoms with E-state index in [4.69, 9.17) is 5.11 Å². The molecule has 1 rings (SSSR count). The molecule has 1 aromatic rings. The smallest absolute Gasteiger partial charge is 0.224 e. The van der Waals surface area contributed by atoms with Gasteiger partial charge in [0.2, 0.25) is 5.91 Å². The number of hydrogen-bond acceptors (Lipinski definition) is 2. The summed E-state index contributed by atoms with van der Waals surface area (Å²) in [6.07, 6.45) is 0.533. The summed E-state index contributed by atoms with van der Waals surface area (Å²) < 4.78 is 13.2. The molecule has 0 spiro atoms. The minimum Gasteiger partial charge on any atom is -0.396 e. The van der Waals surface area contributed by atoms with E-state index < -0.39 is 0 Å². The molecule has 1 amide bonds. The lowest BCUT2D eigenvalue weighted by Gasteiger charge is -2.12. The van der Waals surface area contributed by atoms with Crippen LogP contribution in [-0.2, 0) is 11.2 Å². The summed E-state index contributed by atoms with van der Waals surface area (Å²) >= 11 is 0. The van der Waals surface area contributed by atoms with Gasteiger partial charge in [-0.05, 0) is 25.0 Å². The third kappa shape index (κ3) is 3.98. The van der Waals surface area contributed by atoms with Crippen molar-refractivity contribution in [3.8, 4) is 0 Å². The molecule has 0 bridgehead atoms. The highest BCUT2D eigenvalue weighted by atomic mass is 19.1. The number of halogens is 1. The first kappa shape index (κ1) is 12.6. The van der Waals surface area contributed by atoms with E-state index in [-0.39, 0.29) is 30.8 Å². The number of nitrogens with one attached hydrogen (secondary N) is 1. The molecule has 0 aliphatic rings. The van der Waals surface area contributed by atoms with Crippen LogP contribution >= 0.6 is 0 Å². The number of hydrogen-bond donors (Lipinski definition) is 2. The van der Waals surface area contributed by atoms with Crippen LogP contribution in [0.25, 0.3) is 0 Å². The molecule has 0 radical (unpaired) electrons. The first-order chi connectivity index (χ1) is 7.63. The Kier molecular flexibility index (Phi) is 4.92. The van der Waals surface area contributed by atoms with Gasteiger partial charge in [-0.2, -0.15) is 0 Å². The van der Waals surface area contributed by atoms with Crippen molar-refractivity contribution in [3.05, 3.63) is 35.6 Å². The second-order valence-corrected chi connectivity index (χ2v) is 3.75. The lowest BCUT2D eigenvalue weighted by Crippen LogP contribution is -2.34. The van der Waals surface area contributed by atoms with Gasteiger partial charge in [0.1, 0.15) is 5.82 Å². The SMILES string of the molecule is CC(CCO)NC(=O)Cc1ccccc1F. The number of amides is 1. The van der Waals surface area contributed by atoms with Crippen LogP contribution in [0.5, 0.6) is 0 Å². The monoisotopic (exact) mass is 225 g/mol. The van der Waals surface area contributed by atoms with E-state index >= 15 is 0 Å². The first-order valence-electron chi connectivity index (χ1n) is 5.27. The Labute approximate surface area is 94.3 Å². The fourth-order valence-electron chi connectivity index (χ4n) is 1.41. The number of carbonyl (C=O) groups is 1. The second kappa shape index (κ2) is 6.23. The summed E-state index contributed by atoms with van der Waals surface area (Å²) in [6, 6.07) is 6.11. The Hall–Kier alpha value is -1.42. The summed E-state index contributed by atoms with van der Waals surface area (Å²) in [6.45, 7) is 1.83.